The Labute approximate surface area is 102 Å². The van der Waals surface area contributed by atoms with E-state index < -0.39 is 11.9 Å². The molecule has 0 fully saturated rings. The van der Waals surface area contributed by atoms with E-state index in [0.717, 1.165) is 10.2 Å². The highest BCUT2D eigenvalue weighted by atomic mass is 32.1. The van der Waals surface area contributed by atoms with Gasteiger partial charge in [-0.2, -0.15) is 5.26 Å². The first-order chi connectivity index (χ1) is 8.27. The normalized spacial score (nSPS) is 12.0. The highest BCUT2D eigenvalue weighted by molar-refractivity contribution is 7.16. The van der Waals surface area contributed by atoms with Gasteiger partial charge in [0.2, 0.25) is 0 Å². The lowest BCUT2D eigenvalue weighted by Crippen LogP contribution is -2.16. The summed E-state index contributed by atoms with van der Waals surface area (Å²) < 4.78 is 4.86. The molecule has 0 saturated heterocycles. The average Bonchev–Trinajstić information content (AvgIpc) is 2.79. The molecule has 2 rings (SSSR count). The van der Waals surface area contributed by atoms with Crippen molar-refractivity contribution < 1.29 is 9.53 Å². The van der Waals surface area contributed by atoms with E-state index in [4.69, 9.17) is 10.00 Å². The van der Waals surface area contributed by atoms with Crippen molar-refractivity contribution in [2.45, 2.75) is 12.8 Å². The first-order valence-electron chi connectivity index (χ1n) is 5.02. The Bertz CT molecular complexity index is 588. The van der Waals surface area contributed by atoms with E-state index in [1.807, 2.05) is 11.4 Å². The summed E-state index contributed by atoms with van der Waals surface area (Å²) >= 11 is 1.44. The molecule has 2 aromatic heterocycles. The first-order valence-corrected chi connectivity index (χ1v) is 5.90. The number of carbonyl (C=O) groups excluding carboxylic acids is 1. The predicted octanol–water partition coefficient (Wildman–Crippen LogP) is 1.86. The molecule has 17 heavy (non-hydrogen) atoms. The van der Waals surface area contributed by atoms with Crippen molar-refractivity contribution >= 4 is 27.5 Å². The Morgan fingerprint density at radius 1 is 1.65 bits per heavy atom. The number of rotatable bonds is 3. The highest BCUT2D eigenvalue weighted by Gasteiger charge is 2.25. The van der Waals surface area contributed by atoms with Gasteiger partial charge in [-0.3, -0.25) is 4.79 Å². The Kier molecular flexibility index (Phi) is 3.30. The molecule has 0 saturated carbocycles. The van der Waals surface area contributed by atoms with Gasteiger partial charge in [-0.15, -0.1) is 11.3 Å². The molecule has 0 bridgehead atoms. The molecule has 0 aliphatic rings. The second-order valence-corrected chi connectivity index (χ2v) is 4.11. The van der Waals surface area contributed by atoms with E-state index in [9.17, 15) is 4.79 Å². The summed E-state index contributed by atoms with van der Waals surface area (Å²) in [6.07, 6.45) is 1.36. The summed E-state index contributed by atoms with van der Waals surface area (Å²) in [5.74, 6) is -1.56. The summed E-state index contributed by atoms with van der Waals surface area (Å²) in [6.45, 7) is 1.95. The zero-order valence-corrected chi connectivity index (χ0v) is 9.90. The lowest BCUT2D eigenvalue weighted by atomic mass is 10.1. The lowest BCUT2D eigenvalue weighted by molar-refractivity contribution is -0.143. The first kappa shape index (κ1) is 11.5. The molecule has 86 valence electrons. The van der Waals surface area contributed by atoms with Gasteiger partial charge in [0.15, 0.2) is 5.92 Å². The second-order valence-electron chi connectivity index (χ2n) is 3.21. The fourth-order valence-corrected chi connectivity index (χ4v) is 2.23. The van der Waals surface area contributed by atoms with E-state index in [-0.39, 0.29) is 6.61 Å². The fourth-order valence-electron chi connectivity index (χ4n) is 1.49. The summed E-state index contributed by atoms with van der Waals surface area (Å²) in [5, 5.41) is 11.6. The summed E-state index contributed by atoms with van der Waals surface area (Å²) in [5.41, 5.74) is 0.414. The molecule has 6 heteroatoms. The predicted molar refractivity (Wildman–Crippen MR) is 62.4 cm³/mol. The number of esters is 1. The topological polar surface area (TPSA) is 75.9 Å². The number of nitrogens with zero attached hydrogens (tertiary/aromatic N) is 3. The number of hydrogen-bond acceptors (Lipinski definition) is 6. The van der Waals surface area contributed by atoms with Crippen LogP contribution in [0.1, 0.15) is 18.5 Å². The fraction of sp³-hybridized carbons (Fsp3) is 0.273. The number of aromatic nitrogens is 2. The van der Waals surface area contributed by atoms with Crippen LogP contribution < -0.4 is 0 Å². The SMILES string of the molecule is CCOC(=O)C(C#N)c1ncnc2sccc12. The molecule has 1 unspecified atom stereocenters. The molecule has 0 spiro atoms. The van der Waals surface area contributed by atoms with Crippen LogP contribution in [0.5, 0.6) is 0 Å². The van der Waals surface area contributed by atoms with Gasteiger partial charge in [-0.05, 0) is 18.4 Å². The van der Waals surface area contributed by atoms with E-state index in [1.54, 1.807) is 13.0 Å². The van der Waals surface area contributed by atoms with E-state index in [2.05, 4.69) is 9.97 Å². The standard InChI is InChI=1S/C11H9N3O2S/c1-2-16-11(15)8(5-12)9-7-3-4-17-10(7)14-6-13-9/h3-4,6,8H,2H2,1H3. The van der Waals surface area contributed by atoms with Crippen molar-refractivity contribution in [1.29, 1.82) is 5.26 Å². The van der Waals surface area contributed by atoms with Crippen LogP contribution in [0.25, 0.3) is 10.2 Å². The van der Waals surface area contributed by atoms with Crippen LogP contribution in [0.4, 0.5) is 0 Å². The largest absolute Gasteiger partial charge is 0.465 e. The van der Waals surface area contributed by atoms with Gasteiger partial charge in [0.25, 0.3) is 0 Å². The molecule has 0 aliphatic carbocycles. The van der Waals surface area contributed by atoms with Gasteiger partial charge < -0.3 is 4.74 Å². The maximum absolute atomic E-state index is 11.6. The summed E-state index contributed by atoms with van der Waals surface area (Å²) in [4.78, 5) is 20.5. The number of thiophene rings is 1. The van der Waals surface area contributed by atoms with E-state index >= 15 is 0 Å². The number of carbonyl (C=O) groups is 1. The van der Waals surface area contributed by atoms with Crippen molar-refractivity contribution in [3.8, 4) is 6.07 Å². The molecule has 5 nitrogen and oxygen atoms in total. The van der Waals surface area contributed by atoms with Gasteiger partial charge >= 0.3 is 5.97 Å². The molecule has 2 aromatic rings. The number of fused-ring (bicyclic) bond motifs is 1. The van der Waals surface area contributed by atoms with Crippen LogP contribution >= 0.6 is 11.3 Å². The Morgan fingerprint density at radius 3 is 3.18 bits per heavy atom. The van der Waals surface area contributed by atoms with Gasteiger partial charge in [0.05, 0.1) is 18.4 Å². The van der Waals surface area contributed by atoms with Crippen LogP contribution in [0.3, 0.4) is 0 Å². The summed E-state index contributed by atoms with van der Waals surface area (Å²) in [6, 6.07) is 3.73. The second kappa shape index (κ2) is 4.89. The van der Waals surface area contributed by atoms with E-state index in [1.165, 1.54) is 17.7 Å². The number of ether oxygens (including phenoxy) is 1. The Hall–Kier alpha value is -2.00. The maximum Gasteiger partial charge on any atom is 0.329 e. The van der Waals surface area contributed by atoms with Crippen LogP contribution in [0.2, 0.25) is 0 Å². The minimum absolute atomic E-state index is 0.245. The van der Waals surface area contributed by atoms with E-state index in [0.29, 0.717) is 5.69 Å². The molecule has 0 aliphatic heterocycles. The highest BCUT2D eigenvalue weighted by Crippen LogP contribution is 2.26. The molecule has 1 atom stereocenters. The van der Waals surface area contributed by atoms with Crippen LogP contribution in [-0.2, 0) is 9.53 Å². The quantitative estimate of drug-likeness (QED) is 0.774. The maximum atomic E-state index is 11.6. The molecule has 0 amide bonds. The molecular weight excluding hydrogens is 238 g/mol. The molecule has 0 radical (unpaired) electrons. The van der Waals surface area contributed by atoms with Gasteiger partial charge in [-0.1, -0.05) is 0 Å². The average molecular weight is 247 g/mol. The zero-order valence-electron chi connectivity index (χ0n) is 9.08. The minimum atomic E-state index is -0.991. The minimum Gasteiger partial charge on any atom is -0.465 e. The monoisotopic (exact) mass is 247 g/mol. The Morgan fingerprint density at radius 2 is 2.47 bits per heavy atom. The van der Waals surface area contributed by atoms with Crippen LogP contribution in [-0.4, -0.2) is 22.5 Å². The third kappa shape index (κ3) is 2.10. The van der Waals surface area contributed by atoms with Gasteiger partial charge in [0, 0.05) is 5.39 Å². The van der Waals surface area contributed by atoms with Crippen molar-refractivity contribution in [2.75, 3.05) is 6.61 Å². The summed E-state index contributed by atoms with van der Waals surface area (Å²) in [7, 11) is 0. The molecule has 0 aromatic carbocycles. The number of hydrogen-bond donors (Lipinski definition) is 0. The zero-order chi connectivity index (χ0) is 12.3. The van der Waals surface area contributed by atoms with Crippen LogP contribution in [0, 0.1) is 11.3 Å². The molecule has 2 heterocycles. The smallest absolute Gasteiger partial charge is 0.329 e. The third-order valence-electron chi connectivity index (χ3n) is 2.22. The lowest BCUT2D eigenvalue weighted by Gasteiger charge is -2.08. The van der Waals surface area contributed by atoms with Crippen molar-refractivity contribution in [3.05, 3.63) is 23.5 Å². The van der Waals surface area contributed by atoms with Crippen molar-refractivity contribution in [3.63, 3.8) is 0 Å². The third-order valence-corrected chi connectivity index (χ3v) is 3.04. The van der Waals surface area contributed by atoms with Gasteiger partial charge in [-0.25, -0.2) is 9.97 Å². The van der Waals surface area contributed by atoms with Gasteiger partial charge in [0.1, 0.15) is 11.2 Å². The van der Waals surface area contributed by atoms with Crippen molar-refractivity contribution in [2.24, 2.45) is 0 Å². The Balaban J connectivity index is 2.47. The van der Waals surface area contributed by atoms with Crippen molar-refractivity contribution in [1.82, 2.24) is 9.97 Å². The molecule has 0 N–H and O–H groups in total. The number of nitriles is 1. The molecular formula is C11H9N3O2S. The van der Waals surface area contributed by atoms with Crippen LogP contribution in [0.15, 0.2) is 17.8 Å².